The average Bonchev–Trinajstić information content (AvgIpc) is 2.42. The fraction of sp³-hybridized carbons (Fsp3) is 0.0769. The van der Waals surface area contributed by atoms with E-state index in [1.165, 1.54) is 0 Å². The first kappa shape index (κ1) is 15.1. The molecule has 7 heteroatoms. The van der Waals surface area contributed by atoms with Crippen LogP contribution in [0.25, 0.3) is 0 Å². The highest BCUT2D eigenvalue weighted by atomic mass is 79.9. The second-order valence-corrected chi connectivity index (χ2v) is 5.53. The summed E-state index contributed by atoms with van der Waals surface area (Å²) in [5, 5.41) is 3.48. The molecule has 1 aromatic carbocycles. The van der Waals surface area contributed by atoms with Crippen molar-refractivity contribution >= 4 is 50.9 Å². The fourth-order valence-corrected chi connectivity index (χ4v) is 1.93. The zero-order valence-corrected chi connectivity index (χ0v) is 13.2. The van der Waals surface area contributed by atoms with Crippen LogP contribution in [0.1, 0.15) is 0 Å². The summed E-state index contributed by atoms with van der Waals surface area (Å²) in [6.07, 6.45) is 1.59. The van der Waals surface area contributed by atoms with Crippen molar-refractivity contribution < 1.29 is 9.53 Å². The van der Waals surface area contributed by atoms with Crippen LogP contribution in [0, 0.1) is 0 Å². The van der Waals surface area contributed by atoms with Crippen LogP contribution < -0.4 is 10.1 Å². The lowest BCUT2D eigenvalue weighted by Crippen LogP contribution is -2.20. The Bertz CT molecular complexity index is 620. The molecule has 1 aromatic heterocycles. The molecule has 0 aliphatic carbocycles. The summed E-state index contributed by atoms with van der Waals surface area (Å²) in [4.78, 5) is 15.7. The lowest BCUT2D eigenvalue weighted by atomic mass is 10.3. The molecule has 2 aromatic rings. The van der Waals surface area contributed by atoms with E-state index in [9.17, 15) is 4.79 Å². The zero-order chi connectivity index (χ0) is 14.5. The summed E-state index contributed by atoms with van der Waals surface area (Å²) >= 11 is 15.0. The lowest BCUT2D eigenvalue weighted by Gasteiger charge is -2.08. The number of benzene rings is 1. The van der Waals surface area contributed by atoms with E-state index < -0.39 is 0 Å². The molecule has 0 spiro atoms. The Morgan fingerprint density at radius 1 is 1.30 bits per heavy atom. The number of amides is 1. The monoisotopic (exact) mass is 374 g/mol. The van der Waals surface area contributed by atoms with Gasteiger partial charge in [-0.25, -0.2) is 4.98 Å². The Hall–Kier alpha value is -1.30. The molecule has 0 unspecified atom stereocenters. The van der Waals surface area contributed by atoms with E-state index in [0.717, 1.165) is 4.47 Å². The van der Waals surface area contributed by atoms with Gasteiger partial charge in [-0.2, -0.15) is 0 Å². The van der Waals surface area contributed by atoms with Crippen LogP contribution >= 0.6 is 39.1 Å². The number of nitrogens with one attached hydrogen (secondary N) is 1. The molecule has 1 heterocycles. The van der Waals surface area contributed by atoms with Crippen molar-refractivity contribution in [2.45, 2.75) is 0 Å². The molecule has 1 N–H and O–H groups in total. The molecule has 2 rings (SSSR count). The smallest absolute Gasteiger partial charge is 0.263 e. The first-order valence-electron chi connectivity index (χ1n) is 5.54. The molecule has 0 radical (unpaired) electrons. The number of hydrogen-bond acceptors (Lipinski definition) is 3. The molecular weight excluding hydrogens is 367 g/mol. The number of anilines is 1. The Balaban J connectivity index is 1.92. The Morgan fingerprint density at radius 3 is 2.80 bits per heavy atom. The Labute approximate surface area is 134 Å². The van der Waals surface area contributed by atoms with Gasteiger partial charge in [0, 0.05) is 21.8 Å². The molecule has 0 saturated heterocycles. The quantitative estimate of drug-likeness (QED) is 0.872. The van der Waals surface area contributed by atoms with E-state index in [2.05, 4.69) is 26.2 Å². The van der Waals surface area contributed by atoms with Crippen LogP contribution in [-0.2, 0) is 4.79 Å². The number of pyridine rings is 1. The number of carbonyl (C=O) groups excluding carboxylic acids is 1. The van der Waals surface area contributed by atoms with Crippen LogP contribution in [0.5, 0.6) is 5.75 Å². The average molecular weight is 376 g/mol. The summed E-state index contributed by atoms with van der Waals surface area (Å²) < 4.78 is 6.14. The maximum Gasteiger partial charge on any atom is 0.263 e. The molecule has 4 nitrogen and oxygen atoms in total. The molecule has 0 bridgehead atoms. The first-order chi connectivity index (χ1) is 9.54. The van der Waals surface area contributed by atoms with Gasteiger partial charge >= 0.3 is 0 Å². The minimum atomic E-state index is -0.337. The molecule has 104 valence electrons. The van der Waals surface area contributed by atoms with Gasteiger partial charge in [-0.3, -0.25) is 4.79 Å². The van der Waals surface area contributed by atoms with E-state index >= 15 is 0 Å². The lowest BCUT2D eigenvalue weighted by molar-refractivity contribution is -0.118. The topological polar surface area (TPSA) is 51.2 Å². The van der Waals surface area contributed by atoms with Gasteiger partial charge in [0.15, 0.2) is 6.61 Å². The number of halogens is 3. The second-order valence-electron chi connectivity index (χ2n) is 3.77. The van der Waals surface area contributed by atoms with Crippen molar-refractivity contribution in [2.75, 3.05) is 11.9 Å². The van der Waals surface area contributed by atoms with Crippen molar-refractivity contribution in [2.24, 2.45) is 0 Å². The minimum Gasteiger partial charge on any atom is -0.482 e. The van der Waals surface area contributed by atoms with Crippen LogP contribution in [0.3, 0.4) is 0 Å². The Kier molecular flexibility index (Phi) is 5.23. The molecule has 0 fully saturated rings. The van der Waals surface area contributed by atoms with E-state index in [4.69, 9.17) is 27.9 Å². The molecular formula is C13H9BrCl2N2O2. The molecule has 20 heavy (non-hydrogen) atoms. The third-order valence-electron chi connectivity index (χ3n) is 2.25. The van der Waals surface area contributed by atoms with E-state index in [-0.39, 0.29) is 12.5 Å². The predicted molar refractivity (Wildman–Crippen MR) is 82.5 cm³/mol. The van der Waals surface area contributed by atoms with Crippen molar-refractivity contribution in [3.8, 4) is 5.75 Å². The third-order valence-corrected chi connectivity index (χ3v) is 3.26. The molecule has 0 saturated carbocycles. The summed E-state index contributed by atoms with van der Waals surface area (Å²) in [7, 11) is 0. The van der Waals surface area contributed by atoms with Crippen LogP contribution in [0.4, 0.5) is 5.82 Å². The highest BCUT2D eigenvalue weighted by Gasteiger charge is 2.07. The van der Waals surface area contributed by atoms with Crippen LogP contribution in [0.15, 0.2) is 41.0 Å². The summed E-state index contributed by atoms with van der Waals surface area (Å²) in [5.74, 6) is 0.466. The number of aromatic nitrogens is 1. The standard InChI is InChI=1S/C13H9BrCl2N2O2/c14-8-1-4-12(17-6-8)18-13(19)7-20-11-5-9(15)2-3-10(11)16/h1-6H,7H2,(H,17,18,19). The summed E-state index contributed by atoms with van der Waals surface area (Å²) in [5.41, 5.74) is 0. The largest absolute Gasteiger partial charge is 0.482 e. The zero-order valence-electron chi connectivity index (χ0n) is 10.1. The van der Waals surface area contributed by atoms with Crippen molar-refractivity contribution in [3.05, 3.63) is 51.0 Å². The van der Waals surface area contributed by atoms with E-state index in [0.29, 0.717) is 21.6 Å². The highest BCUT2D eigenvalue weighted by Crippen LogP contribution is 2.27. The van der Waals surface area contributed by atoms with Gasteiger partial charge in [0.1, 0.15) is 11.6 Å². The third kappa shape index (κ3) is 4.37. The van der Waals surface area contributed by atoms with Gasteiger partial charge < -0.3 is 10.1 Å². The minimum absolute atomic E-state index is 0.183. The molecule has 0 aliphatic rings. The van der Waals surface area contributed by atoms with Crippen molar-refractivity contribution in [1.82, 2.24) is 4.98 Å². The highest BCUT2D eigenvalue weighted by molar-refractivity contribution is 9.10. The number of ether oxygens (including phenoxy) is 1. The van der Waals surface area contributed by atoms with Crippen molar-refractivity contribution in [1.29, 1.82) is 0 Å². The van der Waals surface area contributed by atoms with Crippen LogP contribution in [0.2, 0.25) is 10.0 Å². The number of rotatable bonds is 4. The summed E-state index contributed by atoms with van der Waals surface area (Å²) in [6, 6.07) is 8.25. The van der Waals surface area contributed by atoms with Gasteiger partial charge in [-0.05, 0) is 40.2 Å². The van der Waals surface area contributed by atoms with Gasteiger partial charge in [0.25, 0.3) is 5.91 Å². The number of hydrogen-bond donors (Lipinski definition) is 1. The van der Waals surface area contributed by atoms with Crippen LogP contribution in [-0.4, -0.2) is 17.5 Å². The van der Waals surface area contributed by atoms with Crippen molar-refractivity contribution in [3.63, 3.8) is 0 Å². The Morgan fingerprint density at radius 2 is 2.10 bits per heavy atom. The second kappa shape index (κ2) is 6.92. The van der Waals surface area contributed by atoms with Gasteiger partial charge in [-0.15, -0.1) is 0 Å². The summed E-state index contributed by atoms with van der Waals surface area (Å²) in [6.45, 7) is -0.183. The van der Waals surface area contributed by atoms with E-state index in [1.54, 1.807) is 36.5 Å². The first-order valence-corrected chi connectivity index (χ1v) is 7.09. The maximum absolute atomic E-state index is 11.7. The van der Waals surface area contributed by atoms with Gasteiger partial charge in [0.05, 0.1) is 5.02 Å². The van der Waals surface area contributed by atoms with E-state index in [1.807, 2.05) is 0 Å². The predicted octanol–water partition coefficient (Wildman–Crippen LogP) is 4.17. The molecule has 1 amide bonds. The number of nitrogens with zero attached hydrogens (tertiary/aromatic N) is 1. The molecule has 0 atom stereocenters. The number of carbonyl (C=O) groups is 1. The SMILES string of the molecule is O=C(COc1cc(Cl)ccc1Cl)Nc1ccc(Br)cn1. The normalized spacial score (nSPS) is 10.2. The maximum atomic E-state index is 11.7. The fourth-order valence-electron chi connectivity index (χ4n) is 1.36. The van der Waals surface area contributed by atoms with Gasteiger partial charge in [-0.1, -0.05) is 23.2 Å². The van der Waals surface area contributed by atoms with Gasteiger partial charge in [0.2, 0.25) is 0 Å². The molecule has 0 aliphatic heterocycles.